The van der Waals surface area contributed by atoms with Crippen LogP contribution in [0, 0.1) is 0 Å². The zero-order valence-corrected chi connectivity index (χ0v) is 10.1. The molecule has 0 unspecified atom stereocenters. The molecule has 0 aliphatic rings. The quantitative estimate of drug-likeness (QED) is 0.561. The summed E-state index contributed by atoms with van der Waals surface area (Å²) in [4.78, 5) is 0. The lowest BCUT2D eigenvalue weighted by Crippen LogP contribution is -2.15. The zero-order valence-electron chi connectivity index (χ0n) is 6.71. The second-order valence-corrected chi connectivity index (χ2v) is 5.79. The highest BCUT2D eigenvalue weighted by Crippen LogP contribution is 1.96. The summed E-state index contributed by atoms with van der Waals surface area (Å²) in [5, 5.41) is 1.37. The highest BCUT2D eigenvalue weighted by molar-refractivity contribution is 6.50. The summed E-state index contributed by atoms with van der Waals surface area (Å²) in [5.41, 5.74) is 1.18. The van der Waals surface area contributed by atoms with Gasteiger partial charge in [-0.25, -0.2) is 0 Å². The van der Waals surface area contributed by atoms with Gasteiger partial charge in [0.05, 0.1) is 0 Å². The van der Waals surface area contributed by atoms with Crippen LogP contribution in [-0.4, -0.2) is 20.2 Å². The van der Waals surface area contributed by atoms with E-state index in [2.05, 4.69) is 30.8 Å². The van der Waals surface area contributed by atoms with Crippen molar-refractivity contribution in [2.24, 2.45) is 0 Å². The first kappa shape index (κ1) is 8.45. The molecule has 0 heterocycles. The minimum absolute atomic E-state index is 0.397. The molecule has 0 N–H and O–H groups in total. The van der Waals surface area contributed by atoms with Gasteiger partial charge in [0, 0.05) is 0 Å². The molecule has 1 aromatic carbocycles. The van der Waals surface area contributed by atoms with E-state index in [9.17, 15) is 0 Å². The van der Waals surface area contributed by atoms with Crippen LogP contribution in [0.5, 0.6) is 0 Å². The van der Waals surface area contributed by atoms with E-state index in [1.165, 1.54) is 10.8 Å². The molecule has 3 heteroatoms. The minimum atomic E-state index is -0.397. The van der Waals surface area contributed by atoms with Gasteiger partial charge in [-0.3, -0.25) is 0 Å². The van der Waals surface area contributed by atoms with Gasteiger partial charge in [-0.2, -0.15) is 0 Å². The maximum Gasteiger partial charge on any atom is 0.178 e. The fraction of sp³-hybridized carbons (Fsp3) is 0. The van der Waals surface area contributed by atoms with E-state index in [-0.39, 0.29) is 0 Å². The van der Waals surface area contributed by atoms with Gasteiger partial charge in [0.15, 0.2) is 9.76 Å². The number of rotatable bonds is 3. The Bertz CT molecular complexity index is 230. The third-order valence-electron chi connectivity index (χ3n) is 1.53. The highest BCUT2D eigenvalue weighted by atomic mass is 28.3. The van der Waals surface area contributed by atoms with Crippen molar-refractivity contribution < 1.29 is 4.12 Å². The van der Waals surface area contributed by atoms with E-state index < -0.39 is 9.76 Å². The molecule has 58 valence electrons. The molecule has 0 bridgehead atoms. The number of hydrogen-bond donors (Lipinski definition) is 0. The van der Waals surface area contributed by atoms with Crippen LogP contribution in [0.1, 0.15) is 5.56 Å². The molecule has 0 amide bonds. The van der Waals surface area contributed by atoms with Gasteiger partial charge >= 0.3 is 0 Å². The van der Waals surface area contributed by atoms with Crippen molar-refractivity contribution in [3.63, 3.8) is 0 Å². The average Bonchev–Trinajstić information content (AvgIpc) is 2.07. The van der Waals surface area contributed by atoms with E-state index in [1.54, 1.807) is 0 Å². The standard InChI is InChI=1S/C8H12OSi2/c1-2-7-3-5-8(6-4-7)11-9-10/h2-6H,1,11H2,10H3. The van der Waals surface area contributed by atoms with Crippen LogP contribution in [-0.2, 0) is 4.12 Å². The number of benzene rings is 1. The van der Waals surface area contributed by atoms with E-state index >= 15 is 0 Å². The lowest BCUT2D eigenvalue weighted by Gasteiger charge is -1.98. The number of hydrogen-bond acceptors (Lipinski definition) is 1. The first-order chi connectivity index (χ1) is 5.36. The smallest absolute Gasteiger partial charge is 0.178 e. The lowest BCUT2D eigenvalue weighted by molar-refractivity contribution is 0.676. The molecule has 1 aromatic rings. The summed E-state index contributed by atoms with van der Waals surface area (Å²) < 4.78 is 5.25. The van der Waals surface area contributed by atoms with Gasteiger partial charge < -0.3 is 4.12 Å². The van der Waals surface area contributed by atoms with Gasteiger partial charge in [-0.1, -0.05) is 36.9 Å². The molecule has 0 fully saturated rings. The molecular formula is C8H12OSi2. The van der Waals surface area contributed by atoms with Crippen LogP contribution >= 0.6 is 0 Å². The van der Waals surface area contributed by atoms with Gasteiger partial charge in [0.25, 0.3) is 0 Å². The van der Waals surface area contributed by atoms with Crippen molar-refractivity contribution in [2.45, 2.75) is 0 Å². The average molecular weight is 180 g/mol. The van der Waals surface area contributed by atoms with E-state index in [0.717, 1.165) is 10.5 Å². The molecule has 0 saturated heterocycles. The van der Waals surface area contributed by atoms with Crippen molar-refractivity contribution in [3.05, 3.63) is 36.4 Å². The van der Waals surface area contributed by atoms with Crippen molar-refractivity contribution in [1.29, 1.82) is 0 Å². The first-order valence-electron chi connectivity index (χ1n) is 3.57. The molecule has 1 nitrogen and oxygen atoms in total. The predicted octanol–water partition coefficient (Wildman–Crippen LogP) is -0.664. The molecule has 0 atom stereocenters. The van der Waals surface area contributed by atoms with Crippen molar-refractivity contribution in [3.8, 4) is 0 Å². The monoisotopic (exact) mass is 180 g/mol. The van der Waals surface area contributed by atoms with Gasteiger partial charge in [0.1, 0.15) is 10.5 Å². The summed E-state index contributed by atoms with van der Waals surface area (Å²) >= 11 is 0. The van der Waals surface area contributed by atoms with Crippen LogP contribution in [0.25, 0.3) is 6.08 Å². The van der Waals surface area contributed by atoms with Crippen molar-refractivity contribution in [2.75, 3.05) is 0 Å². The fourth-order valence-corrected chi connectivity index (χ4v) is 2.68. The van der Waals surface area contributed by atoms with Crippen LogP contribution in [0.3, 0.4) is 0 Å². The molecule has 11 heavy (non-hydrogen) atoms. The minimum Gasteiger partial charge on any atom is -0.465 e. The summed E-state index contributed by atoms with van der Waals surface area (Å²) in [5.74, 6) is 0. The SMILES string of the molecule is C=Cc1ccc([SiH2]O[SiH3])cc1. The molecule has 0 radical (unpaired) electrons. The topological polar surface area (TPSA) is 9.23 Å². The van der Waals surface area contributed by atoms with E-state index in [1.807, 2.05) is 6.08 Å². The molecule has 0 aromatic heterocycles. The normalized spacial score (nSPS) is 10.9. The Morgan fingerprint density at radius 3 is 2.45 bits per heavy atom. The summed E-state index contributed by atoms with van der Waals surface area (Å²) in [7, 11) is 0.467. The lowest BCUT2D eigenvalue weighted by atomic mass is 10.2. The van der Waals surface area contributed by atoms with Crippen LogP contribution < -0.4 is 5.19 Å². The van der Waals surface area contributed by atoms with Gasteiger partial charge in [0.2, 0.25) is 0 Å². The predicted molar refractivity (Wildman–Crippen MR) is 55.7 cm³/mol. The maximum absolute atomic E-state index is 5.25. The first-order valence-corrected chi connectivity index (χ1v) is 5.67. The molecule has 0 aliphatic heterocycles. The maximum atomic E-state index is 5.25. The Morgan fingerprint density at radius 1 is 1.36 bits per heavy atom. The van der Waals surface area contributed by atoms with Gasteiger partial charge in [-0.05, 0) is 10.8 Å². The fourth-order valence-electron chi connectivity index (χ4n) is 0.917. The summed E-state index contributed by atoms with van der Waals surface area (Å²) in [6.45, 7) is 3.69. The van der Waals surface area contributed by atoms with Crippen molar-refractivity contribution >= 4 is 31.5 Å². The Labute approximate surface area is 72.6 Å². The van der Waals surface area contributed by atoms with Crippen LogP contribution in [0.15, 0.2) is 30.8 Å². The van der Waals surface area contributed by atoms with E-state index in [4.69, 9.17) is 4.12 Å². The second-order valence-electron chi connectivity index (χ2n) is 2.38. The Kier molecular flexibility index (Phi) is 3.29. The Balaban J connectivity index is 2.74. The molecule has 0 aliphatic carbocycles. The summed E-state index contributed by atoms with van der Waals surface area (Å²) in [6.07, 6.45) is 1.85. The molecular weight excluding hydrogens is 168 g/mol. The van der Waals surface area contributed by atoms with Crippen molar-refractivity contribution in [1.82, 2.24) is 0 Å². The third-order valence-corrected chi connectivity index (χ3v) is 3.49. The summed E-state index contributed by atoms with van der Waals surface area (Å²) in [6, 6.07) is 8.41. The highest BCUT2D eigenvalue weighted by Gasteiger charge is 1.90. The Morgan fingerprint density at radius 2 is 2.00 bits per heavy atom. The largest absolute Gasteiger partial charge is 0.465 e. The zero-order chi connectivity index (χ0) is 8.10. The van der Waals surface area contributed by atoms with Crippen LogP contribution in [0.4, 0.5) is 0 Å². The molecule has 1 rings (SSSR count). The van der Waals surface area contributed by atoms with Gasteiger partial charge in [-0.15, -0.1) is 0 Å². The van der Waals surface area contributed by atoms with Crippen LogP contribution in [0.2, 0.25) is 0 Å². The third kappa shape index (κ3) is 2.46. The molecule has 0 spiro atoms. The van der Waals surface area contributed by atoms with E-state index in [0.29, 0.717) is 0 Å². The Hall–Kier alpha value is -0.646. The second kappa shape index (κ2) is 4.28. The molecule has 0 saturated carbocycles.